The van der Waals surface area contributed by atoms with Gasteiger partial charge in [-0.05, 0) is 24.8 Å². The van der Waals surface area contributed by atoms with E-state index in [1.54, 1.807) is 7.05 Å². The SMILES string of the molecule is CN=C(NCC(=O)NCc1ccccc1)NC1CCN(C(=O)C2CCCC2)C1.I. The van der Waals surface area contributed by atoms with Crippen LogP contribution in [0.3, 0.4) is 0 Å². The van der Waals surface area contributed by atoms with Crippen LogP contribution in [0.5, 0.6) is 0 Å². The number of likely N-dealkylation sites (tertiary alicyclic amines) is 1. The number of guanidine groups is 1. The Bertz CT molecular complexity index is 692. The van der Waals surface area contributed by atoms with Crippen molar-refractivity contribution in [2.24, 2.45) is 10.9 Å². The second-order valence-electron chi connectivity index (χ2n) is 7.58. The van der Waals surface area contributed by atoms with Gasteiger partial charge in [0.25, 0.3) is 0 Å². The van der Waals surface area contributed by atoms with Crippen LogP contribution in [0.15, 0.2) is 35.3 Å². The van der Waals surface area contributed by atoms with E-state index in [0.29, 0.717) is 25.0 Å². The Morgan fingerprint density at radius 3 is 2.52 bits per heavy atom. The van der Waals surface area contributed by atoms with E-state index in [0.717, 1.165) is 31.4 Å². The standard InChI is InChI=1S/C21H31N5O2.HI/c1-22-21(24-14-19(27)23-13-16-7-3-2-4-8-16)25-18-11-12-26(15-18)20(28)17-9-5-6-10-17;/h2-4,7-8,17-18H,5-6,9-15H2,1H3,(H,23,27)(H2,22,24,25);1H. The van der Waals surface area contributed by atoms with Gasteiger partial charge >= 0.3 is 0 Å². The normalized spacial score (nSPS) is 19.6. The summed E-state index contributed by atoms with van der Waals surface area (Å²) >= 11 is 0. The zero-order valence-electron chi connectivity index (χ0n) is 17.0. The van der Waals surface area contributed by atoms with Crippen molar-refractivity contribution in [2.45, 2.75) is 44.7 Å². The van der Waals surface area contributed by atoms with Gasteiger partial charge in [-0.25, -0.2) is 0 Å². The molecule has 1 aliphatic carbocycles. The van der Waals surface area contributed by atoms with Gasteiger partial charge in [0.2, 0.25) is 11.8 Å². The van der Waals surface area contributed by atoms with Crippen molar-refractivity contribution in [3.63, 3.8) is 0 Å². The number of aliphatic imine (C=N–C) groups is 1. The molecule has 1 aromatic rings. The molecule has 0 spiro atoms. The summed E-state index contributed by atoms with van der Waals surface area (Å²) in [7, 11) is 1.69. The molecule has 160 valence electrons. The van der Waals surface area contributed by atoms with Crippen molar-refractivity contribution in [1.82, 2.24) is 20.9 Å². The Balaban J connectivity index is 0.00000300. The summed E-state index contributed by atoms with van der Waals surface area (Å²) < 4.78 is 0. The molecule has 7 nitrogen and oxygen atoms in total. The molecule has 1 aromatic carbocycles. The van der Waals surface area contributed by atoms with Gasteiger partial charge in [-0.1, -0.05) is 43.2 Å². The summed E-state index contributed by atoms with van der Waals surface area (Å²) in [5.41, 5.74) is 1.07. The van der Waals surface area contributed by atoms with Crippen molar-refractivity contribution in [1.29, 1.82) is 0 Å². The molecular weight excluding hydrogens is 481 g/mol. The molecule has 1 saturated heterocycles. The Morgan fingerprint density at radius 1 is 1.10 bits per heavy atom. The summed E-state index contributed by atoms with van der Waals surface area (Å²) in [5.74, 6) is 1.04. The number of nitrogens with one attached hydrogen (secondary N) is 3. The van der Waals surface area contributed by atoms with Crippen molar-refractivity contribution in [3.8, 4) is 0 Å². The Kier molecular flexibility index (Phi) is 9.69. The summed E-state index contributed by atoms with van der Waals surface area (Å²) in [5, 5.41) is 9.28. The summed E-state index contributed by atoms with van der Waals surface area (Å²) in [6.07, 6.45) is 5.33. The van der Waals surface area contributed by atoms with Gasteiger partial charge in [-0.2, -0.15) is 0 Å². The third-order valence-electron chi connectivity index (χ3n) is 5.52. The lowest BCUT2D eigenvalue weighted by Gasteiger charge is -2.21. The van der Waals surface area contributed by atoms with Gasteiger partial charge in [-0.3, -0.25) is 14.6 Å². The lowest BCUT2D eigenvalue weighted by atomic mass is 10.1. The van der Waals surface area contributed by atoms with Crippen molar-refractivity contribution in [2.75, 3.05) is 26.7 Å². The minimum Gasteiger partial charge on any atom is -0.352 e. The second kappa shape index (κ2) is 12.0. The number of hydrogen-bond donors (Lipinski definition) is 3. The fourth-order valence-electron chi connectivity index (χ4n) is 3.92. The van der Waals surface area contributed by atoms with Crippen LogP contribution in [0.2, 0.25) is 0 Å². The van der Waals surface area contributed by atoms with E-state index in [-0.39, 0.29) is 48.4 Å². The molecule has 1 unspecified atom stereocenters. The molecule has 1 saturated carbocycles. The molecule has 8 heteroatoms. The number of carbonyl (C=O) groups is 2. The lowest BCUT2D eigenvalue weighted by molar-refractivity contribution is -0.134. The van der Waals surface area contributed by atoms with Crippen LogP contribution in [0.4, 0.5) is 0 Å². The highest BCUT2D eigenvalue weighted by Crippen LogP contribution is 2.27. The van der Waals surface area contributed by atoms with E-state index in [2.05, 4.69) is 20.9 Å². The predicted octanol–water partition coefficient (Wildman–Crippen LogP) is 1.88. The molecule has 0 aromatic heterocycles. The molecule has 1 heterocycles. The summed E-state index contributed by atoms with van der Waals surface area (Å²) in [6.45, 7) is 2.16. The van der Waals surface area contributed by atoms with E-state index in [1.165, 1.54) is 12.8 Å². The molecule has 1 atom stereocenters. The molecule has 3 rings (SSSR count). The molecule has 2 amide bonds. The third kappa shape index (κ3) is 7.17. The molecular formula is C21H32IN5O2. The Hall–Kier alpha value is -1.84. The van der Waals surface area contributed by atoms with Gasteiger partial charge < -0.3 is 20.9 Å². The van der Waals surface area contributed by atoms with Crippen LogP contribution in [0.25, 0.3) is 0 Å². The second-order valence-corrected chi connectivity index (χ2v) is 7.58. The van der Waals surface area contributed by atoms with Crippen LogP contribution in [0.1, 0.15) is 37.7 Å². The summed E-state index contributed by atoms with van der Waals surface area (Å²) in [6, 6.07) is 9.99. The number of rotatable bonds is 6. The number of nitrogens with zero attached hydrogens (tertiary/aromatic N) is 2. The average molecular weight is 513 g/mol. The van der Waals surface area contributed by atoms with Gasteiger partial charge in [0.1, 0.15) is 0 Å². The zero-order valence-corrected chi connectivity index (χ0v) is 19.4. The first-order valence-corrected chi connectivity index (χ1v) is 10.2. The Morgan fingerprint density at radius 2 is 1.83 bits per heavy atom. The highest BCUT2D eigenvalue weighted by Gasteiger charge is 2.32. The summed E-state index contributed by atoms with van der Waals surface area (Å²) in [4.78, 5) is 30.8. The van der Waals surface area contributed by atoms with E-state index >= 15 is 0 Å². The van der Waals surface area contributed by atoms with Gasteiger partial charge in [0, 0.05) is 38.6 Å². The fourth-order valence-corrected chi connectivity index (χ4v) is 3.92. The number of benzene rings is 1. The number of halogens is 1. The molecule has 1 aliphatic heterocycles. The minimum atomic E-state index is -0.0868. The van der Waals surface area contributed by atoms with Crippen molar-refractivity contribution in [3.05, 3.63) is 35.9 Å². The largest absolute Gasteiger partial charge is 0.352 e. The van der Waals surface area contributed by atoms with E-state index < -0.39 is 0 Å². The molecule has 2 fully saturated rings. The van der Waals surface area contributed by atoms with E-state index in [4.69, 9.17) is 0 Å². The average Bonchev–Trinajstić information content (AvgIpc) is 3.42. The quantitative estimate of drug-likeness (QED) is 0.308. The zero-order chi connectivity index (χ0) is 19.8. The monoisotopic (exact) mass is 513 g/mol. The van der Waals surface area contributed by atoms with Gasteiger partial charge in [-0.15, -0.1) is 24.0 Å². The van der Waals surface area contributed by atoms with Crippen LogP contribution in [0, 0.1) is 5.92 Å². The highest BCUT2D eigenvalue weighted by atomic mass is 127. The fraction of sp³-hybridized carbons (Fsp3) is 0.571. The third-order valence-corrected chi connectivity index (χ3v) is 5.52. The maximum atomic E-state index is 12.6. The smallest absolute Gasteiger partial charge is 0.239 e. The first kappa shape index (κ1) is 23.4. The molecule has 0 radical (unpaired) electrons. The lowest BCUT2D eigenvalue weighted by Crippen LogP contribution is -2.48. The highest BCUT2D eigenvalue weighted by molar-refractivity contribution is 14.0. The maximum absolute atomic E-state index is 12.6. The maximum Gasteiger partial charge on any atom is 0.239 e. The molecule has 3 N–H and O–H groups in total. The molecule has 2 aliphatic rings. The first-order valence-electron chi connectivity index (χ1n) is 10.2. The van der Waals surface area contributed by atoms with Crippen molar-refractivity contribution >= 4 is 41.8 Å². The predicted molar refractivity (Wildman–Crippen MR) is 125 cm³/mol. The van der Waals surface area contributed by atoms with E-state index in [9.17, 15) is 9.59 Å². The first-order chi connectivity index (χ1) is 13.7. The molecule has 0 bridgehead atoms. The van der Waals surface area contributed by atoms with E-state index in [1.807, 2.05) is 35.2 Å². The minimum absolute atomic E-state index is 0. The van der Waals surface area contributed by atoms with Crippen LogP contribution < -0.4 is 16.0 Å². The number of carbonyl (C=O) groups excluding carboxylic acids is 2. The van der Waals surface area contributed by atoms with Crippen LogP contribution in [-0.2, 0) is 16.1 Å². The Labute approximate surface area is 190 Å². The molecule has 29 heavy (non-hydrogen) atoms. The van der Waals surface area contributed by atoms with Crippen LogP contribution in [-0.4, -0.2) is 55.4 Å². The number of hydrogen-bond acceptors (Lipinski definition) is 3. The van der Waals surface area contributed by atoms with Gasteiger partial charge in [0.15, 0.2) is 5.96 Å². The van der Waals surface area contributed by atoms with Crippen LogP contribution >= 0.6 is 24.0 Å². The van der Waals surface area contributed by atoms with Crippen molar-refractivity contribution < 1.29 is 9.59 Å². The topological polar surface area (TPSA) is 85.8 Å². The number of amides is 2. The van der Waals surface area contributed by atoms with Gasteiger partial charge in [0.05, 0.1) is 6.54 Å².